The first kappa shape index (κ1) is 18.1. The van der Waals surface area contributed by atoms with Crippen LogP contribution in [0.2, 0.25) is 0 Å². The van der Waals surface area contributed by atoms with Gasteiger partial charge in [0.1, 0.15) is 12.1 Å². The number of hydrogen-bond donors (Lipinski definition) is 2. The Labute approximate surface area is 159 Å². The number of carbonyl (C=O) groups is 3. The second kappa shape index (κ2) is 6.92. The number of halogens is 1. The number of nitrogens with one attached hydrogen (secondary N) is 2. The van der Waals surface area contributed by atoms with Gasteiger partial charge in [-0.15, -0.1) is 0 Å². The highest BCUT2D eigenvalue weighted by molar-refractivity contribution is 9.10. The van der Waals surface area contributed by atoms with Gasteiger partial charge in [0.2, 0.25) is 5.91 Å². The van der Waals surface area contributed by atoms with Crippen LogP contribution in [0.3, 0.4) is 0 Å². The molecule has 3 rings (SSSR count). The Bertz CT molecular complexity index is 885. The Kier molecular flexibility index (Phi) is 4.82. The Balaban J connectivity index is 1.73. The van der Waals surface area contributed by atoms with Crippen LogP contribution in [0.4, 0.5) is 10.5 Å². The van der Waals surface area contributed by atoms with E-state index in [-0.39, 0.29) is 6.54 Å². The summed E-state index contributed by atoms with van der Waals surface area (Å²) in [7, 11) is 0. The lowest BCUT2D eigenvalue weighted by atomic mass is 9.92. The number of benzene rings is 2. The van der Waals surface area contributed by atoms with Gasteiger partial charge in [-0.3, -0.25) is 14.5 Å². The maximum atomic E-state index is 12.8. The summed E-state index contributed by atoms with van der Waals surface area (Å²) in [5, 5.41) is 5.38. The molecule has 0 aromatic heterocycles. The van der Waals surface area contributed by atoms with E-state index >= 15 is 0 Å². The molecule has 1 aliphatic heterocycles. The van der Waals surface area contributed by atoms with Crippen molar-refractivity contribution in [1.29, 1.82) is 0 Å². The minimum Gasteiger partial charge on any atom is -0.324 e. The third-order valence-electron chi connectivity index (χ3n) is 4.38. The van der Waals surface area contributed by atoms with E-state index in [1.54, 1.807) is 43.3 Å². The van der Waals surface area contributed by atoms with Crippen LogP contribution in [0.1, 0.15) is 18.1 Å². The summed E-state index contributed by atoms with van der Waals surface area (Å²) in [6.45, 7) is 3.23. The zero-order valence-corrected chi connectivity index (χ0v) is 16.0. The fourth-order valence-corrected chi connectivity index (χ4v) is 3.20. The van der Waals surface area contributed by atoms with Crippen LogP contribution in [0, 0.1) is 6.92 Å². The quantitative estimate of drug-likeness (QED) is 0.752. The van der Waals surface area contributed by atoms with Crippen molar-refractivity contribution in [3.8, 4) is 0 Å². The SMILES string of the molecule is Cc1ccc(NC(=O)CN2C(=O)NC(C)(c3ccccc3)C2=O)cc1Br. The highest BCUT2D eigenvalue weighted by atomic mass is 79.9. The van der Waals surface area contributed by atoms with Gasteiger partial charge in [-0.2, -0.15) is 0 Å². The van der Waals surface area contributed by atoms with Gasteiger partial charge in [0.25, 0.3) is 5.91 Å². The van der Waals surface area contributed by atoms with Gasteiger partial charge in [-0.1, -0.05) is 52.3 Å². The van der Waals surface area contributed by atoms with Gasteiger partial charge in [0, 0.05) is 10.2 Å². The van der Waals surface area contributed by atoms with Crippen LogP contribution >= 0.6 is 15.9 Å². The molecule has 0 radical (unpaired) electrons. The van der Waals surface area contributed by atoms with Crippen LogP contribution in [-0.2, 0) is 15.1 Å². The number of nitrogens with zero attached hydrogens (tertiary/aromatic N) is 1. The summed E-state index contributed by atoms with van der Waals surface area (Å²) in [5.74, 6) is -0.893. The predicted molar refractivity (Wildman–Crippen MR) is 102 cm³/mol. The Morgan fingerprint density at radius 3 is 2.54 bits per heavy atom. The minimum absolute atomic E-state index is 0.349. The van der Waals surface area contributed by atoms with E-state index in [0.717, 1.165) is 14.9 Å². The molecule has 26 heavy (non-hydrogen) atoms. The number of anilines is 1. The summed E-state index contributed by atoms with van der Waals surface area (Å²) in [5.41, 5.74) is 1.12. The summed E-state index contributed by atoms with van der Waals surface area (Å²) in [6, 6.07) is 13.8. The van der Waals surface area contributed by atoms with E-state index in [2.05, 4.69) is 26.6 Å². The molecule has 0 bridgehead atoms. The molecular formula is C19H18BrN3O3. The maximum absolute atomic E-state index is 12.8. The molecule has 2 aromatic rings. The summed E-state index contributed by atoms with van der Waals surface area (Å²) >= 11 is 3.40. The van der Waals surface area contributed by atoms with Crippen molar-refractivity contribution >= 4 is 39.5 Å². The summed E-state index contributed by atoms with van der Waals surface area (Å²) in [4.78, 5) is 38.3. The smallest absolute Gasteiger partial charge is 0.324 e. The van der Waals surface area contributed by atoms with Crippen LogP contribution in [0.5, 0.6) is 0 Å². The molecule has 6 nitrogen and oxygen atoms in total. The van der Waals surface area contributed by atoms with Crippen molar-refractivity contribution in [2.45, 2.75) is 19.4 Å². The first-order valence-electron chi connectivity index (χ1n) is 8.07. The third-order valence-corrected chi connectivity index (χ3v) is 5.24. The highest BCUT2D eigenvalue weighted by Gasteiger charge is 2.49. The third kappa shape index (κ3) is 3.35. The molecule has 1 unspecified atom stereocenters. The Hall–Kier alpha value is -2.67. The molecule has 2 aromatic carbocycles. The second-order valence-electron chi connectivity index (χ2n) is 6.32. The van der Waals surface area contributed by atoms with Gasteiger partial charge < -0.3 is 10.6 Å². The zero-order valence-electron chi connectivity index (χ0n) is 14.4. The molecule has 0 spiro atoms. The molecule has 1 heterocycles. The molecule has 1 saturated heterocycles. The van der Waals surface area contributed by atoms with Crippen LogP contribution in [0.15, 0.2) is 53.0 Å². The van der Waals surface area contributed by atoms with Crippen molar-refractivity contribution in [2.24, 2.45) is 0 Å². The van der Waals surface area contributed by atoms with E-state index in [0.29, 0.717) is 11.3 Å². The first-order chi connectivity index (χ1) is 12.3. The largest absolute Gasteiger partial charge is 0.325 e. The Morgan fingerprint density at radius 2 is 1.88 bits per heavy atom. The average molecular weight is 416 g/mol. The van der Waals surface area contributed by atoms with Crippen molar-refractivity contribution in [1.82, 2.24) is 10.2 Å². The lowest BCUT2D eigenvalue weighted by Gasteiger charge is -2.22. The number of rotatable bonds is 4. The number of imide groups is 1. The number of urea groups is 1. The van der Waals surface area contributed by atoms with E-state index in [9.17, 15) is 14.4 Å². The van der Waals surface area contributed by atoms with Crippen molar-refractivity contribution < 1.29 is 14.4 Å². The van der Waals surface area contributed by atoms with Gasteiger partial charge in [-0.05, 0) is 37.1 Å². The Morgan fingerprint density at radius 1 is 1.19 bits per heavy atom. The fourth-order valence-electron chi connectivity index (χ4n) is 2.82. The average Bonchev–Trinajstić information content (AvgIpc) is 2.83. The summed E-state index contributed by atoms with van der Waals surface area (Å²) in [6.07, 6.45) is 0. The van der Waals surface area contributed by atoms with E-state index in [1.807, 2.05) is 19.1 Å². The van der Waals surface area contributed by atoms with Crippen LogP contribution in [0.25, 0.3) is 0 Å². The van der Waals surface area contributed by atoms with E-state index < -0.39 is 23.4 Å². The van der Waals surface area contributed by atoms with Crippen molar-refractivity contribution in [3.05, 3.63) is 64.1 Å². The van der Waals surface area contributed by atoms with Crippen molar-refractivity contribution in [3.63, 3.8) is 0 Å². The van der Waals surface area contributed by atoms with Gasteiger partial charge in [0.15, 0.2) is 0 Å². The molecular weight excluding hydrogens is 398 g/mol. The minimum atomic E-state index is -1.18. The normalized spacial score (nSPS) is 19.4. The standard InChI is InChI=1S/C19H18BrN3O3/c1-12-8-9-14(10-15(12)20)21-16(24)11-23-17(25)19(2,22-18(23)26)13-6-4-3-5-7-13/h3-10H,11H2,1-2H3,(H,21,24)(H,22,26). The molecule has 1 aliphatic rings. The highest BCUT2D eigenvalue weighted by Crippen LogP contribution is 2.28. The molecule has 2 N–H and O–H groups in total. The molecule has 0 aliphatic carbocycles. The lowest BCUT2D eigenvalue weighted by molar-refractivity contribution is -0.133. The van der Waals surface area contributed by atoms with Gasteiger partial charge >= 0.3 is 6.03 Å². The number of carbonyl (C=O) groups excluding carboxylic acids is 3. The van der Waals surface area contributed by atoms with E-state index in [1.165, 1.54) is 0 Å². The first-order valence-corrected chi connectivity index (χ1v) is 8.86. The van der Waals surface area contributed by atoms with Crippen molar-refractivity contribution in [2.75, 3.05) is 11.9 Å². The monoisotopic (exact) mass is 415 g/mol. The van der Waals surface area contributed by atoms with Crippen LogP contribution in [-0.4, -0.2) is 29.3 Å². The zero-order chi connectivity index (χ0) is 18.9. The number of amides is 4. The molecule has 1 atom stereocenters. The van der Waals surface area contributed by atoms with Crippen LogP contribution < -0.4 is 10.6 Å². The number of aryl methyl sites for hydroxylation is 1. The van der Waals surface area contributed by atoms with E-state index in [4.69, 9.17) is 0 Å². The molecule has 1 fully saturated rings. The fraction of sp³-hybridized carbons (Fsp3) is 0.211. The topological polar surface area (TPSA) is 78.5 Å². The predicted octanol–water partition coefficient (Wildman–Crippen LogP) is 3.16. The van der Waals surface area contributed by atoms with Gasteiger partial charge in [-0.25, -0.2) is 4.79 Å². The maximum Gasteiger partial charge on any atom is 0.325 e. The number of hydrogen-bond acceptors (Lipinski definition) is 3. The molecule has 0 saturated carbocycles. The van der Waals surface area contributed by atoms with Gasteiger partial charge in [0.05, 0.1) is 0 Å². The molecule has 134 valence electrons. The molecule has 4 amide bonds. The summed E-state index contributed by atoms with van der Waals surface area (Å²) < 4.78 is 0.863. The lowest BCUT2D eigenvalue weighted by Crippen LogP contribution is -2.42. The second-order valence-corrected chi connectivity index (χ2v) is 7.18. The molecule has 7 heteroatoms.